The van der Waals surface area contributed by atoms with Gasteiger partial charge < -0.3 is 23.5 Å². The van der Waals surface area contributed by atoms with Crippen LogP contribution in [0.2, 0.25) is 0 Å². The molecule has 0 radical (unpaired) electrons. The lowest BCUT2D eigenvalue weighted by Crippen LogP contribution is -2.49. The van der Waals surface area contributed by atoms with E-state index in [2.05, 4.69) is 14.9 Å². The quantitative estimate of drug-likeness (QED) is 0.446. The summed E-state index contributed by atoms with van der Waals surface area (Å²) in [5.41, 5.74) is 2.51. The first-order chi connectivity index (χ1) is 16.4. The molecule has 0 aliphatic carbocycles. The highest BCUT2D eigenvalue weighted by Gasteiger charge is 2.23. The molecule has 2 aromatic carbocycles. The number of piperazine rings is 1. The molecule has 0 bridgehead atoms. The van der Waals surface area contributed by atoms with Gasteiger partial charge in [0, 0.05) is 57.0 Å². The highest BCUT2D eigenvalue weighted by atomic mass is 19.2. The number of rotatable bonds is 5. The Morgan fingerprint density at radius 2 is 1.85 bits per heavy atom. The van der Waals surface area contributed by atoms with E-state index in [-0.39, 0.29) is 12.5 Å². The van der Waals surface area contributed by atoms with Crippen molar-refractivity contribution in [3.63, 3.8) is 0 Å². The molecule has 0 N–H and O–H groups in total. The van der Waals surface area contributed by atoms with E-state index < -0.39 is 11.6 Å². The normalized spacial score (nSPS) is 14.1. The fraction of sp³-hybridized carbons (Fsp3) is 0.292. The third-order valence-corrected chi connectivity index (χ3v) is 6.04. The van der Waals surface area contributed by atoms with E-state index in [4.69, 9.17) is 9.15 Å². The molecule has 8 nitrogen and oxygen atoms in total. The summed E-state index contributed by atoms with van der Waals surface area (Å²) in [5, 5.41) is 0. The molecule has 10 heteroatoms. The van der Waals surface area contributed by atoms with Gasteiger partial charge in [-0.3, -0.25) is 4.79 Å². The van der Waals surface area contributed by atoms with E-state index in [1.54, 1.807) is 29.7 Å². The molecule has 1 fully saturated rings. The summed E-state index contributed by atoms with van der Waals surface area (Å²) in [6.07, 6.45) is 3.10. The van der Waals surface area contributed by atoms with Crippen molar-refractivity contribution in [1.82, 2.24) is 19.4 Å². The van der Waals surface area contributed by atoms with Crippen LogP contribution >= 0.6 is 0 Å². The molecule has 176 valence electrons. The van der Waals surface area contributed by atoms with Crippen molar-refractivity contribution >= 4 is 22.6 Å². The SMILES string of the molecule is COc1cc(N2CCN(C(=O)Cn3cnc4cc(F)c(F)cc43)CC2)ccc1-c1cnc(C)o1. The predicted molar refractivity (Wildman–Crippen MR) is 122 cm³/mol. The first kappa shape index (κ1) is 21.9. The molecule has 0 atom stereocenters. The second kappa shape index (κ2) is 8.77. The summed E-state index contributed by atoms with van der Waals surface area (Å²) in [5.74, 6) is -0.106. The smallest absolute Gasteiger partial charge is 0.242 e. The second-order valence-electron chi connectivity index (χ2n) is 8.12. The lowest BCUT2D eigenvalue weighted by Gasteiger charge is -2.36. The minimum Gasteiger partial charge on any atom is -0.496 e. The number of fused-ring (bicyclic) bond motifs is 1. The van der Waals surface area contributed by atoms with Gasteiger partial charge in [0.05, 0.1) is 36.2 Å². The zero-order valence-electron chi connectivity index (χ0n) is 18.8. The highest BCUT2D eigenvalue weighted by molar-refractivity contribution is 5.81. The van der Waals surface area contributed by atoms with Gasteiger partial charge in [0.1, 0.15) is 12.3 Å². The van der Waals surface area contributed by atoms with Gasteiger partial charge in [0.15, 0.2) is 23.3 Å². The summed E-state index contributed by atoms with van der Waals surface area (Å²) < 4.78 is 39.8. The molecule has 1 aliphatic rings. The predicted octanol–water partition coefficient (Wildman–Crippen LogP) is 3.64. The number of hydrogen-bond acceptors (Lipinski definition) is 6. The van der Waals surface area contributed by atoms with Crippen LogP contribution in [0.25, 0.3) is 22.4 Å². The van der Waals surface area contributed by atoms with Gasteiger partial charge in [-0.15, -0.1) is 0 Å². The number of anilines is 1. The molecule has 1 amide bonds. The Labute approximate surface area is 194 Å². The Bertz CT molecular complexity index is 1360. The average molecular weight is 467 g/mol. The number of ether oxygens (including phenoxy) is 1. The van der Waals surface area contributed by atoms with E-state index in [1.165, 1.54) is 6.33 Å². The molecule has 34 heavy (non-hydrogen) atoms. The first-order valence-corrected chi connectivity index (χ1v) is 10.9. The first-order valence-electron chi connectivity index (χ1n) is 10.9. The van der Waals surface area contributed by atoms with E-state index in [0.717, 1.165) is 23.4 Å². The van der Waals surface area contributed by atoms with Crippen LogP contribution in [-0.2, 0) is 11.3 Å². The van der Waals surface area contributed by atoms with Crippen LogP contribution in [0.1, 0.15) is 5.89 Å². The number of aromatic nitrogens is 3. The van der Waals surface area contributed by atoms with E-state index in [9.17, 15) is 13.6 Å². The fourth-order valence-electron chi connectivity index (χ4n) is 4.21. The summed E-state index contributed by atoms with van der Waals surface area (Å²) >= 11 is 0. The number of nitrogens with zero attached hydrogens (tertiary/aromatic N) is 5. The number of carbonyl (C=O) groups excluding carboxylic acids is 1. The molecule has 1 saturated heterocycles. The number of methoxy groups -OCH3 is 1. The van der Waals surface area contributed by atoms with E-state index >= 15 is 0 Å². The van der Waals surface area contributed by atoms with Crippen molar-refractivity contribution in [3.05, 3.63) is 60.4 Å². The molecule has 0 spiro atoms. The van der Waals surface area contributed by atoms with Crippen molar-refractivity contribution in [2.24, 2.45) is 0 Å². The Morgan fingerprint density at radius 3 is 2.56 bits per heavy atom. The number of benzene rings is 2. The van der Waals surface area contributed by atoms with Crippen LogP contribution in [0.3, 0.4) is 0 Å². The molecule has 4 aromatic rings. The van der Waals surface area contributed by atoms with Gasteiger partial charge in [-0.1, -0.05) is 0 Å². The van der Waals surface area contributed by atoms with Gasteiger partial charge in [0.25, 0.3) is 0 Å². The van der Waals surface area contributed by atoms with Crippen molar-refractivity contribution in [3.8, 4) is 17.1 Å². The number of oxazole rings is 1. The fourth-order valence-corrected chi connectivity index (χ4v) is 4.21. The van der Waals surface area contributed by atoms with Crippen molar-refractivity contribution in [2.75, 3.05) is 38.2 Å². The Balaban J connectivity index is 1.25. The second-order valence-corrected chi connectivity index (χ2v) is 8.12. The Hall–Kier alpha value is -3.95. The number of imidazole rings is 1. The molecule has 3 heterocycles. The maximum Gasteiger partial charge on any atom is 0.242 e. The maximum atomic E-state index is 13.6. The van der Waals surface area contributed by atoms with Crippen molar-refractivity contribution < 1.29 is 22.7 Å². The van der Waals surface area contributed by atoms with E-state index in [1.807, 2.05) is 18.2 Å². The van der Waals surface area contributed by atoms with Crippen LogP contribution in [0.5, 0.6) is 5.75 Å². The zero-order chi connectivity index (χ0) is 23.8. The summed E-state index contributed by atoms with van der Waals surface area (Å²) in [6.45, 7) is 4.19. The van der Waals surface area contributed by atoms with Crippen LogP contribution in [0.4, 0.5) is 14.5 Å². The minimum absolute atomic E-state index is 0.0146. The lowest BCUT2D eigenvalue weighted by atomic mass is 10.1. The minimum atomic E-state index is -0.963. The van der Waals surface area contributed by atoms with Gasteiger partial charge in [-0.25, -0.2) is 18.7 Å². The third kappa shape index (κ3) is 4.07. The van der Waals surface area contributed by atoms with Crippen LogP contribution in [0, 0.1) is 18.6 Å². The molecule has 2 aromatic heterocycles. The Morgan fingerprint density at radius 1 is 1.09 bits per heavy atom. The summed E-state index contributed by atoms with van der Waals surface area (Å²) in [7, 11) is 1.61. The van der Waals surface area contributed by atoms with Crippen molar-refractivity contribution in [2.45, 2.75) is 13.5 Å². The average Bonchev–Trinajstić information content (AvgIpc) is 3.45. The highest BCUT2D eigenvalue weighted by Crippen LogP contribution is 2.34. The van der Waals surface area contributed by atoms with Crippen LogP contribution < -0.4 is 9.64 Å². The van der Waals surface area contributed by atoms with Crippen LogP contribution in [-0.4, -0.2) is 58.6 Å². The standard InChI is InChI=1S/C24H23F2N5O3/c1-15-27-12-23(34-15)17-4-3-16(9-22(17)33-2)29-5-7-30(8-6-29)24(32)13-31-14-28-20-10-18(25)19(26)11-21(20)31/h3-4,9-12,14H,5-8,13H2,1-2H3. The van der Waals surface area contributed by atoms with Gasteiger partial charge in [-0.2, -0.15) is 0 Å². The van der Waals surface area contributed by atoms with Gasteiger partial charge in [0.2, 0.25) is 5.91 Å². The summed E-state index contributed by atoms with van der Waals surface area (Å²) in [4.78, 5) is 25.0. The van der Waals surface area contributed by atoms with Crippen LogP contribution in [0.15, 0.2) is 47.3 Å². The van der Waals surface area contributed by atoms with Gasteiger partial charge in [-0.05, 0) is 12.1 Å². The lowest BCUT2D eigenvalue weighted by molar-refractivity contribution is -0.132. The third-order valence-electron chi connectivity index (χ3n) is 6.04. The number of aryl methyl sites for hydroxylation is 1. The topological polar surface area (TPSA) is 76.6 Å². The van der Waals surface area contributed by atoms with Crippen molar-refractivity contribution in [1.29, 1.82) is 0 Å². The number of carbonyl (C=O) groups is 1. The number of halogens is 2. The molecule has 1 aliphatic heterocycles. The molecule has 0 saturated carbocycles. The molecule has 0 unspecified atom stereocenters. The van der Waals surface area contributed by atoms with Gasteiger partial charge >= 0.3 is 0 Å². The maximum absolute atomic E-state index is 13.6. The van der Waals surface area contributed by atoms with E-state index in [0.29, 0.717) is 54.6 Å². The monoisotopic (exact) mass is 467 g/mol. The zero-order valence-corrected chi connectivity index (χ0v) is 18.8. The number of hydrogen-bond donors (Lipinski definition) is 0. The Kier molecular flexibility index (Phi) is 5.64. The molecular weight excluding hydrogens is 444 g/mol. The number of amides is 1. The molecule has 5 rings (SSSR count). The largest absolute Gasteiger partial charge is 0.496 e. The molecular formula is C24H23F2N5O3. The summed E-state index contributed by atoms with van der Waals surface area (Å²) in [6, 6.07) is 8.00.